The minimum Gasteiger partial charge on any atom is -0.299 e. The maximum atomic E-state index is 14.5. The van der Waals surface area contributed by atoms with E-state index in [1.165, 1.54) is 8.61 Å². The second-order valence-corrected chi connectivity index (χ2v) is 15.2. The number of nitrogens with zero attached hydrogens (tertiary/aromatic N) is 2. The van der Waals surface area contributed by atoms with Gasteiger partial charge >= 0.3 is 0 Å². The van der Waals surface area contributed by atoms with Crippen molar-refractivity contribution in [1.82, 2.24) is 8.61 Å². The van der Waals surface area contributed by atoms with Crippen molar-refractivity contribution in [2.45, 2.75) is 54.6 Å². The van der Waals surface area contributed by atoms with Crippen molar-refractivity contribution in [3.8, 4) is 0 Å². The van der Waals surface area contributed by atoms with Gasteiger partial charge in [-0.3, -0.25) is 4.79 Å². The van der Waals surface area contributed by atoms with Gasteiger partial charge in [-0.2, -0.15) is 8.61 Å². The molecule has 0 bridgehead atoms. The van der Waals surface area contributed by atoms with Gasteiger partial charge in [-0.1, -0.05) is 96.1 Å². The lowest BCUT2D eigenvalue weighted by atomic mass is 9.77. The monoisotopic (exact) mass is 614 g/mol. The lowest BCUT2D eigenvalue weighted by molar-refractivity contribution is -0.132. The van der Waals surface area contributed by atoms with Crippen LogP contribution in [0.25, 0.3) is 0 Å². The van der Waals surface area contributed by atoms with Crippen molar-refractivity contribution in [2.75, 3.05) is 6.54 Å². The Morgan fingerprint density at radius 2 is 1.12 bits per heavy atom. The molecular formula is C34H34N2O5S2. The van der Waals surface area contributed by atoms with Gasteiger partial charge in [-0.15, -0.1) is 0 Å². The Hall–Kier alpha value is -3.63. The number of aryl methyl sites for hydroxylation is 2. The highest BCUT2D eigenvalue weighted by Gasteiger charge is 2.54. The number of hydrogen-bond acceptors (Lipinski definition) is 5. The van der Waals surface area contributed by atoms with Crippen molar-refractivity contribution in [3.63, 3.8) is 0 Å². The number of carbonyl (C=O) groups is 1. The van der Waals surface area contributed by atoms with Gasteiger partial charge in [0.05, 0.1) is 21.9 Å². The van der Waals surface area contributed by atoms with Crippen LogP contribution in [0.3, 0.4) is 0 Å². The van der Waals surface area contributed by atoms with E-state index in [1.807, 2.05) is 68.4 Å². The van der Waals surface area contributed by atoms with E-state index in [-0.39, 0.29) is 35.0 Å². The maximum Gasteiger partial charge on any atom is 0.243 e. The second-order valence-electron chi connectivity index (χ2n) is 11.5. The first-order chi connectivity index (χ1) is 20.6. The van der Waals surface area contributed by atoms with E-state index in [2.05, 4.69) is 0 Å². The SMILES string of the molecule is Cc1ccc(C2C[C@H]3[C@@H](CN2S(=O)(=O)c2ccccc2)C(=O)CC(c2ccccc2)N3S(=O)(=O)c2ccc(C)cc2)cc1. The number of fused-ring (bicyclic) bond motifs is 1. The van der Waals surface area contributed by atoms with Gasteiger partial charge in [-0.05, 0) is 55.7 Å². The molecule has 0 aromatic heterocycles. The second kappa shape index (κ2) is 11.5. The van der Waals surface area contributed by atoms with E-state index >= 15 is 0 Å². The molecule has 6 rings (SSSR count). The molecule has 43 heavy (non-hydrogen) atoms. The fourth-order valence-corrected chi connectivity index (χ4v) is 9.93. The third-order valence-corrected chi connectivity index (χ3v) is 12.5. The molecule has 2 aliphatic rings. The van der Waals surface area contributed by atoms with Crippen molar-refractivity contribution < 1.29 is 21.6 Å². The van der Waals surface area contributed by atoms with E-state index < -0.39 is 44.1 Å². The summed E-state index contributed by atoms with van der Waals surface area (Å²) in [5, 5.41) is 0. The lowest BCUT2D eigenvalue weighted by Crippen LogP contribution is -2.60. The van der Waals surface area contributed by atoms with Crippen LogP contribution < -0.4 is 0 Å². The lowest BCUT2D eigenvalue weighted by Gasteiger charge is -2.51. The summed E-state index contributed by atoms with van der Waals surface area (Å²) in [6.45, 7) is 3.74. The van der Waals surface area contributed by atoms with Gasteiger partial charge < -0.3 is 0 Å². The minimum absolute atomic E-state index is 0.0370. The van der Waals surface area contributed by atoms with Gasteiger partial charge in [-0.25, -0.2) is 16.8 Å². The highest BCUT2D eigenvalue weighted by molar-refractivity contribution is 7.89. The highest BCUT2D eigenvalue weighted by Crippen LogP contribution is 2.48. The minimum atomic E-state index is -4.07. The predicted molar refractivity (Wildman–Crippen MR) is 165 cm³/mol. The van der Waals surface area contributed by atoms with Crippen LogP contribution in [0.5, 0.6) is 0 Å². The Bertz CT molecular complexity index is 1830. The quantitative estimate of drug-likeness (QED) is 0.273. The van der Waals surface area contributed by atoms with E-state index in [9.17, 15) is 21.6 Å². The number of Topliss-reactive ketones (excluding diaryl/α,β-unsaturated/α-hetero) is 1. The number of rotatable bonds is 6. The van der Waals surface area contributed by atoms with Crippen LogP contribution in [0.15, 0.2) is 119 Å². The number of sulfonamides is 2. The zero-order valence-electron chi connectivity index (χ0n) is 24.1. The Morgan fingerprint density at radius 1 is 0.605 bits per heavy atom. The van der Waals surface area contributed by atoms with Crippen molar-refractivity contribution in [2.24, 2.45) is 5.92 Å². The largest absolute Gasteiger partial charge is 0.299 e. The molecule has 0 amide bonds. The van der Waals surface area contributed by atoms with E-state index in [4.69, 9.17) is 0 Å². The molecule has 2 saturated heterocycles. The smallest absolute Gasteiger partial charge is 0.243 e. The molecule has 2 heterocycles. The van der Waals surface area contributed by atoms with E-state index in [0.717, 1.165) is 22.3 Å². The summed E-state index contributed by atoms with van der Waals surface area (Å²) >= 11 is 0. The highest BCUT2D eigenvalue weighted by atomic mass is 32.2. The molecule has 0 N–H and O–H groups in total. The Kier molecular flexibility index (Phi) is 7.85. The summed E-state index contributed by atoms with van der Waals surface area (Å²) in [4.78, 5) is 14.2. The first-order valence-electron chi connectivity index (χ1n) is 14.4. The molecule has 0 spiro atoms. The molecular weight excluding hydrogens is 581 g/mol. The molecule has 0 radical (unpaired) electrons. The summed E-state index contributed by atoms with van der Waals surface area (Å²) in [5.41, 5.74) is 3.45. The molecule has 7 nitrogen and oxygen atoms in total. The topological polar surface area (TPSA) is 91.8 Å². The van der Waals surface area contributed by atoms with Crippen LogP contribution in [0.2, 0.25) is 0 Å². The molecule has 2 unspecified atom stereocenters. The summed E-state index contributed by atoms with van der Waals surface area (Å²) in [6.07, 6.45) is 0.102. The van der Waals surface area contributed by atoms with Crippen LogP contribution in [0.1, 0.15) is 47.2 Å². The van der Waals surface area contributed by atoms with Gasteiger partial charge in [0.2, 0.25) is 20.0 Å². The normalized spacial score (nSPS) is 23.5. The van der Waals surface area contributed by atoms with E-state index in [1.54, 1.807) is 54.6 Å². The molecule has 4 atom stereocenters. The Labute approximate surface area is 253 Å². The van der Waals surface area contributed by atoms with Crippen LogP contribution in [0.4, 0.5) is 0 Å². The summed E-state index contributed by atoms with van der Waals surface area (Å²) in [5.74, 6) is -0.954. The van der Waals surface area contributed by atoms with Gasteiger partial charge in [0.15, 0.2) is 0 Å². The van der Waals surface area contributed by atoms with Gasteiger partial charge in [0.1, 0.15) is 5.78 Å². The number of hydrogen-bond donors (Lipinski definition) is 0. The third-order valence-electron chi connectivity index (χ3n) is 8.69. The fraction of sp³-hybridized carbons (Fsp3) is 0.265. The number of benzene rings is 4. The number of carbonyl (C=O) groups excluding carboxylic acids is 1. The average Bonchev–Trinajstić information content (AvgIpc) is 3.01. The molecule has 9 heteroatoms. The molecule has 222 valence electrons. The van der Waals surface area contributed by atoms with Crippen LogP contribution in [-0.4, -0.2) is 43.8 Å². The van der Waals surface area contributed by atoms with Crippen LogP contribution in [-0.2, 0) is 24.8 Å². The number of piperidine rings is 2. The summed E-state index contributed by atoms with van der Waals surface area (Å²) < 4.78 is 60.2. The summed E-state index contributed by atoms with van der Waals surface area (Å²) in [7, 11) is -8.08. The Morgan fingerprint density at radius 3 is 1.72 bits per heavy atom. The molecule has 0 saturated carbocycles. The van der Waals surface area contributed by atoms with Crippen molar-refractivity contribution in [3.05, 3.63) is 131 Å². The molecule has 4 aromatic rings. The molecule has 2 fully saturated rings. The maximum absolute atomic E-state index is 14.5. The third kappa shape index (κ3) is 5.47. The van der Waals surface area contributed by atoms with Gasteiger partial charge in [0, 0.05) is 24.9 Å². The average molecular weight is 615 g/mol. The van der Waals surface area contributed by atoms with Crippen molar-refractivity contribution in [1.29, 1.82) is 0 Å². The molecule has 2 aliphatic heterocycles. The van der Waals surface area contributed by atoms with Crippen LogP contribution in [0, 0.1) is 19.8 Å². The van der Waals surface area contributed by atoms with E-state index in [0.29, 0.717) is 0 Å². The van der Waals surface area contributed by atoms with Crippen molar-refractivity contribution >= 4 is 25.8 Å². The Balaban J connectivity index is 1.51. The first-order valence-corrected chi connectivity index (χ1v) is 17.3. The molecule has 0 aliphatic carbocycles. The predicted octanol–water partition coefficient (Wildman–Crippen LogP) is 5.83. The van der Waals surface area contributed by atoms with Gasteiger partial charge in [0.25, 0.3) is 0 Å². The first kappa shape index (κ1) is 29.4. The zero-order valence-corrected chi connectivity index (χ0v) is 25.7. The molecule has 4 aromatic carbocycles. The zero-order chi connectivity index (χ0) is 30.4. The number of ketones is 1. The van der Waals surface area contributed by atoms with Crippen LogP contribution >= 0.6 is 0 Å². The summed E-state index contributed by atoms with van der Waals surface area (Å²) in [6, 6.07) is 29.7. The standard InChI is InChI=1S/C34H34N2O5S2/c1-24-13-17-27(18-14-24)31-21-33-30(23-35(31)42(38,39)28-11-7-4-8-12-28)34(37)22-32(26-9-5-3-6-10-26)36(33)43(40,41)29-19-15-25(2)16-20-29/h3-20,30-33H,21-23H2,1-2H3/t30-,31?,32?,33+/m1/s1. The fourth-order valence-electron chi connectivity index (χ4n) is 6.42.